The number of hydrogen-bond donors (Lipinski definition) is 1. The molecule has 6 nitrogen and oxygen atoms in total. The Labute approximate surface area is 142 Å². The van der Waals surface area contributed by atoms with Gasteiger partial charge < -0.3 is 10.1 Å². The van der Waals surface area contributed by atoms with Crippen LogP contribution in [0.4, 0.5) is 4.39 Å². The molecule has 128 valence electrons. The smallest absolute Gasteiger partial charge is 0.261 e. The lowest BCUT2D eigenvalue weighted by Gasteiger charge is -2.10. The minimum absolute atomic E-state index is 0.139. The summed E-state index contributed by atoms with van der Waals surface area (Å²) < 4.78 is 19.7. The molecule has 7 heteroatoms. The molecule has 0 aliphatic carbocycles. The van der Waals surface area contributed by atoms with E-state index in [4.69, 9.17) is 4.74 Å². The van der Waals surface area contributed by atoms with Gasteiger partial charge in [0.2, 0.25) is 5.91 Å². The largest absolute Gasteiger partial charge is 0.496 e. The third kappa shape index (κ3) is 3.65. The highest BCUT2D eigenvalue weighted by Gasteiger charge is 2.10. The Balaban J connectivity index is 1.74. The molecule has 1 heterocycles. The number of carbonyl (C=O) groups is 1. The van der Waals surface area contributed by atoms with Crippen LogP contribution in [0.3, 0.4) is 0 Å². The molecule has 25 heavy (non-hydrogen) atoms. The third-order valence-corrected chi connectivity index (χ3v) is 3.77. The van der Waals surface area contributed by atoms with E-state index in [1.54, 1.807) is 13.2 Å². The maximum absolute atomic E-state index is 13.3. The first-order valence-corrected chi connectivity index (χ1v) is 7.62. The standard InChI is InChI=1S/C18H16FN3O3/c1-25-16-5-3-2-4-12(16)9-20-17(23)10-22-11-21-15-7-6-13(19)8-14(15)18(22)24/h2-8,11H,9-10H2,1H3,(H,20,23). The number of fused-ring (bicyclic) bond motifs is 1. The van der Waals surface area contributed by atoms with Crippen LogP contribution in [-0.4, -0.2) is 22.6 Å². The van der Waals surface area contributed by atoms with Crippen molar-refractivity contribution in [3.05, 3.63) is 70.5 Å². The molecule has 3 aromatic rings. The molecular formula is C18H16FN3O3. The lowest BCUT2D eigenvalue weighted by molar-refractivity contribution is -0.121. The zero-order chi connectivity index (χ0) is 17.8. The predicted octanol–water partition coefficient (Wildman–Crippen LogP) is 1.86. The van der Waals surface area contributed by atoms with Gasteiger partial charge in [-0.2, -0.15) is 0 Å². The molecule has 0 unspecified atom stereocenters. The van der Waals surface area contributed by atoms with Gasteiger partial charge in [0.05, 0.1) is 24.3 Å². The number of hydrogen-bond acceptors (Lipinski definition) is 4. The van der Waals surface area contributed by atoms with Gasteiger partial charge in [0, 0.05) is 12.1 Å². The molecule has 3 rings (SSSR count). The van der Waals surface area contributed by atoms with Crippen LogP contribution < -0.4 is 15.6 Å². The second kappa shape index (κ2) is 7.12. The normalized spacial score (nSPS) is 10.6. The van der Waals surface area contributed by atoms with Crippen molar-refractivity contribution in [3.8, 4) is 5.75 Å². The number of benzene rings is 2. The summed E-state index contributed by atoms with van der Waals surface area (Å²) in [6.07, 6.45) is 1.28. The Bertz CT molecular complexity index is 985. The van der Waals surface area contributed by atoms with Crippen LogP contribution in [0.15, 0.2) is 53.6 Å². The predicted molar refractivity (Wildman–Crippen MR) is 90.8 cm³/mol. The lowest BCUT2D eigenvalue weighted by atomic mass is 10.2. The first kappa shape index (κ1) is 16.6. The summed E-state index contributed by atoms with van der Waals surface area (Å²) in [6, 6.07) is 11.1. The second-order valence-electron chi connectivity index (χ2n) is 5.43. The highest BCUT2D eigenvalue weighted by molar-refractivity contribution is 5.79. The number of ether oxygens (including phenoxy) is 1. The van der Waals surface area contributed by atoms with Gasteiger partial charge in [0.15, 0.2) is 0 Å². The fourth-order valence-electron chi connectivity index (χ4n) is 2.50. The first-order valence-electron chi connectivity index (χ1n) is 7.62. The van der Waals surface area contributed by atoms with Crippen LogP contribution in [0, 0.1) is 5.82 Å². The molecule has 0 aliphatic rings. The van der Waals surface area contributed by atoms with Crippen molar-refractivity contribution < 1.29 is 13.9 Å². The van der Waals surface area contributed by atoms with Crippen molar-refractivity contribution in [1.29, 1.82) is 0 Å². The molecule has 0 aliphatic heterocycles. The Hall–Kier alpha value is -3.22. The Morgan fingerprint density at radius 2 is 2.08 bits per heavy atom. The third-order valence-electron chi connectivity index (χ3n) is 3.77. The molecule has 0 saturated carbocycles. The van der Waals surface area contributed by atoms with Crippen LogP contribution >= 0.6 is 0 Å². The van der Waals surface area contributed by atoms with Crippen LogP contribution in [0.2, 0.25) is 0 Å². The van der Waals surface area contributed by atoms with Gasteiger partial charge in [-0.25, -0.2) is 9.37 Å². The van der Waals surface area contributed by atoms with Gasteiger partial charge in [-0.15, -0.1) is 0 Å². The van der Waals surface area contributed by atoms with E-state index >= 15 is 0 Å². The number of amides is 1. The number of rotatable bonds is 5. The Morgan fingerprint density at radius 3 is 2.88 bits per heavy atom. The van der Waals surface area contributed by atoms with Crippen LogP contribution in [0.1, 0.15) is 5.56 Å². The van der Waals surface area contributed by atoms with Crippen molar-refractivity contribution in [3.63, 3.8) is 0 Å². The molecule has 1 amide bonds. The zero-order valence-electron chi connectivity index (χ0n) is 13.5. The van der Waals surface area contributed by atoms with E-state index in [-0.39, 0.29) is 24.4 Å². The summed E-state index contributed by atoms with van der Waals surface area (Å²) in [5.74, 6) is -0.210. The summed E-state index contributed by atoms with van der Waals surface area (Å²) in [6.45, 7) is 0.0701. The van der Waals surface area contributed by atoms with Crippen molar-refractivity contribution >= 4 is 16.8 Å². The monoisotopic (exact) mass is 341 g/mol. The van der Waals surface area contributed by atoms with E-state index in [1.165, 1.54) is 18.5 Å². The van der Waals surface area contributed by atoms with E-state index in [0.717, 1.165) is 16.2 Å². The molecular weight excluding hydrogens is 325 g/mol. The van der Waals surface area contributed by atoms with Crippen LogP contribution in [-0.2, 0) is 17.9 Å². The topological polar surface area (TPSA) is 73.2 Å². The van der Waals surface area contributed by atoms with E-state index in [1.807, 2.05) is 18.2 Å². The number of para-hydroxylation sites is 1. The summed E-state index contributed by atoms with van der Waals surface area (Å²) in [5.41, 5.74) is 0.749. The number of nitrogens with zero attached hydrogens (tertiary/aromatic N) is 2. The number of aromatic nitrogens is 2. The van der Waals surface area contributed by atoms with E-state index < -0.39 is 11.4 Å². The minimum atomic E-state index is -0.523. The average molecular weight is 341 g/mol. The van der Waals surface area contributed by atoms with Gasteiger partial charge in [-0.3, -0.25) is 14.2 Å². The molecule has 0 fully saturated rings. The maximum Gasteiger partial charge on any atom is 0.261 e. The van der Waals surface area contributed by atoms with E-state index in [2.05, 4.69) is 10.3 Å². The zero-order valence-corrected chi connectivity index (χ0v) is 13.5. The first-order chi connectivity index (χ1) is 12.1. The van der Waals surface area contributed by atoms with E-state index in [9.17, 15) is 14.0 Å². The Morgan fingerprint density at radius 1 is 1.28 bits per heavy atom. The number of carbonyl (C=O) groups excluding carboxylic acids is 1. The Kier molecular flexibility index (Phi) is 4.74. The van der Waals surface area contributed by atoms with Gasteiger partial charge in [-0.05, 0) is 24.3 Å². The van der Waals surface area contributed by atoms with Crippen molar-refractivity contribution in [2.75, 3.05) is 7.11 Å². The molecule has 0 radical (unpaired) electrons. The lowest BCUT2D eigenvalue weighted by Crippen LogP contribution is -2.32. The minimum Gasteiger partial charge on any atom is -0.496 e. The summed E-state index contributed by atoms with van der Waals surface area (Å²) >= 11 is 0. The quantitative estimate of drug-likeness (QED) is 0.769. The van der Waals surface area contributed by atoms with Gasteiger partial charge in [0.1, 0.15) is 18.1 Å². The fourth-order valence-corrected chi connectivity index (χ4v) is 2.50. The van der Waals surface area contributed by atoms with Crippen LogP contribution in [0.5, 0.6) is 5.75 Å². The molecule has 1 N–H and O–H groups in total. The summed E-state index contributed by atoms with van der Waals surface area (Å²) in [5, 5.41) is 2.87. The number of nitrogens with one attached hydrogen (secondary N) is 1. The van der Waals surface area contributed by atoms with Crippen molar-refractivity contribution in [1.82, 2.24) is 14.9 Å². The van der Waals surface area contributed by atoms with Gasteiger partial charge in [-0.1, -0.05) is 18.2 Å². The molecule has 1 aromatic heterocycles. The summed E-state index contributed by atoms with van der Waals surface area (Å²) in [4.78, 5) is 28.6. The van der Waals surface area contributed by atoms with Crippen LogP contribution in [0.25, 0.3) is 10.9 Å². The maximum atomic E-state index is 13.3. The highest BCUT2D eigenvalue weighted by Crippen LogP contribution is 2.16. The fraction of sp³-hybridized carbons (Fsp3) is 0.167. The number of methoxy groups -OCH3 is 1. The highest BCUT2D eigenvalue weighted by atomic mass is 19.1. The molecule has 0 atom stereocenters. The van der Waals surface area contributed by atoms with E-state index in [0.29, 0.717) is 11.3 Å². The average Bonchev–Trinajstić information content (AvgIpc) is 2.63. The molecule has 0 saturated heterocycles. The number of halogens is 1. The second-order valence-corrected chi connectivity index (χ2v) is 5.43. The molecule has 0 spiro atoms. The van der Waals surface area contributed by atoms with Gasteiger partial charge >= 0.3 is 0 Å². The van der Waals surface area contributed by atoms with Gasteiger partial charge in [0.25, 0.3) is 5.56 Å². The summed E-state index contributed by atoms with van der Waals surface area (Å²) in [7, 11) is 1.56. The molecule has 2 aromatic carbocycles. The molecule has 0 bridgehead atoms. The SMILES string of the molecule is COc1ccccc1CNC(=O)Cn1cnc2ccc(F)cc2c1=O. The van der Waals surface area contributed by atoms with Crippen molar-refractivity contribution in [2.24, 2.45) is 0 Å². The van der Waals surface area contributed by atoms with Crippen molar-refractivity contribution in [2.45, 2.75) is 13.1 Å².